The number of aryl methyl sites for hydroxylation is 3. The van der Waals surface area contributed by atoms with Crippen LogP contribution in [0.25, 0.3) is 0 Å². The molecule has 0 fully saturated rings. The minimum atomic E-state index is -3.69. The van der Waals surface area contributed by atoms with Crippen molar-refractivity contribution in [3.05, 3.63) is 88.5 Å². The van der Waals surface area contributed by atoms with Crippen molar-refractivity contribution < 1.29 is 17.9 Å². The van der Waals surface area contributed by atoms with Crippen molar-refractivity contribution in [2.24, 2.45) is 0 Å². The molecule has 0 bridgehead atoms. The molecule has 0 spiro atoms. The Kier molecular flexibility index (Phi) is 7.01. The van der Waals surface area contributed by atoms with E-state index in [1.165, 1.54) is 18.5 Å². The highest BCUT2D eigenvalue weighted by Crippen LogP contribution is 2.25. The number of hydrogen-bond acceptors (Lipinski definition) is 4. The first-order valence-corrected chi connectivity index (χ1v) is 11.6. The molecule has 0 radical (unpaired) electrons. The van der Waals surface area contributed by atoms with Crippen LogP contribution >= 0.6 is 0 Å². The molecule has 0 atom stereocenters. The summed E-state index contributed by atoms with van der Waals surface area (Å²) in [5.41, 5.74) is 4.81. The molecule has 3 rings (SSSR count). The van der Waals surface area contributed by atoms with Gasteiger partial charge in [-0.2, -0.15) is 4.31 Å². The molecular formula is C25H28N2O4S. The Labute approximate surface area is 189 Å². The molecule has 32 heavy (non-hydrogen) atoms. The predicted octanol–water partition coefficient (Wildman–Crippen LogP) is 4.69. The Morgan fingerprint density at radius 1 is 0.938 bits per heavy atom. The number of rotatable bonds is 7. The quantitative estimate of drug-likeness (QED) is 0.564. The molecule has 0 aliphatic rings. The Morgan fingerprint density at radius 3 is 2.22 bits per heavy atom. The van der Waals surface area contributed by atoms with Crippen LogP contribution < -0.4 is 10.1 Å². The second-order valence-corrected chi connectivity index (χ2v) is 9.92. The summed E-state index contributed by atoms with van der Waals surface area (Å²) in [6, 6.07) is 17.5. The van der Waals surface area contributed by atoms with E-state index in [0.717, 1.165) is 22.4 Å². The van der Waals surface area contributed by atoms with Gasteiger partial charge in [0.05, 0.1) is 12.0 Å². The summed E-state index contributed by atoms with van der Waals surface area (Å²) in [7, 11) is -0.666. The van der Waals surface area contributed by atoms with Crippen molar-refractivity contribution in [2.45, 2.75) is 32.2 Å². The minimum absolute atomic E-state index is 0.0596. The molecule has 3 aromatic rings. The van der Waals surface area contributed by atoms with Gasteiger partial charge in [-0.1, -0.05) is 35.4 Å². The summed E-state index contributed by atoms with van der Waals surface area (Å²) < 4.78 is 32.6. The molecule has 0 aromatic heterocycles. The molecule has 1 N–H and O–H groups in total. The van der Waals surface area contributed by atoms with E-state index < -0.39 is 10.0 Å². The first-order chi connectivity index (χ1) is 15.1. The van der Waals surface area contributed by atoms with Gasteiger partial charge in [-0.25, -0.2) is 8.42 Å². The molecule has 0 aliphatic carbocycles. The van der Waals surface area contributed by atoms with Gasteiger partial charge in [-0.3, -0.25) is 4.79 Å². The molecule has 0 saturated heterocycles. The van der Waals surface area contributed by atoms with Crippen molar-refractivity contribution in [3.8, 4) is 5.75 Å². The zero-order valence-electron chi connectivity index (χ0n) is 19.0. The van der Waals surface area contributed by atoms with Gasteiger partial charge >= 0.3 is 0 Å². The normalized spacial score (nSPS) is 11.4. The molecule has 0 saturated carbocycles. The Bertz CT molecular complexity index is 1240. The standard InChI is InChI=1S/C25H28N2O4S/c1-17-6-10-22(11-7-17)32(29,30)27(4)16-21-15-20(9-13-24(21)31-5)25(28)26-23-12-8-18(2)14-19(23)3/h6-15H,16H2,1-5H3,(H,26,28). The average molecular weight is 453 g/mol. The summed E-state index contributed by atoms with van der Waals surface area (Å²) in [4.78, 5) is 13.1. The maximum Gasteiger partial charge on any atom is 0.255 e. The van der Waals surface area contributed by atoms with Gasteiger partial charge in [-0.15, -0.1) is 0 Å². The molecule has 6 nitrogen and oxygen atoms in total. The second kappa shape index (κ2) is 9.54. The number of carbonyl (C=O) groups is 1. The lowest BCUT2D eigenvalue weighted by atomic mass is 10.1. The molecule has 0 unspecified atom stereocenters. The molecule has 0 heterocycles. The zero-order chi connectivity index (χ0) is 23.5. The second-order valence-electron chi connectivity index (χ2n) is 7.87. The Morgan fingerprint density at radius 2 is 1.59 bits per heavy atom. The van der Waals surface area contributed by atoms with Gasteiger partial charge in [0.25, 0.3) is 5.91 Å². The van der Waals surface area contributed by atoms with Crippen molar-refractivity contribution >= 4 is 21.6 Å². The van der Waals surface area contributed by atoms with Gasteiger partial charge in [0.2, 0.25) is 10.0 Å². The van der Waals surface area contributed by atoms with Gasteiger partial charge in [0, 0.05) is 30.4 Å². The number of ether oxygens (including phenoxy) is 1. The van der Waals surface area contributed by atoms with Crippen LogP contribution in [0.15, 0.2) is 65.6 Å². The van der Waals surface area contributed by atoms with E-state index >= 15 is 0 Å². The van der Waals surface area contributed by atoms with E-state index in [-0.39, 0.29) is 17.3 Å². The van der Waals surface area contributed by atoms with Crippen LogP contribution in [0.1, 0.15) is 32.6 Å². The number of anilines is 1. The molecule has 7 heteroatoms. The number of benzene rings is 3. The van der Waals surface area contributed by atoms with E-state index in [0.29, 0.717) is 16.9 Å². The third-order valence-corrected chi connectivity index (χ3v) is 7.11. The van der Waals surface area contributed by atoms with Crippen LogP contribution in [-0.2, 0) is 16.6 Å². The van der Waals surface area contributed by atoms with Gasteiger partial charge in [0.15, 0.2) is 0 Å². The lowest BCUT2D eigenvalue weighted by Crippen LogP contribution is -2.27. The summed E-state index contributed by atoms with van der Waals surface area (Å²) >= 11 is 0. The summed E-state index contributed by atoms with van der Waals surface area (Å²) in [6.07, 6.45) is 0. The Hall–Kier alpha value is -3.16. The summed E-state index contributed by atoms with van der Waals surface area (Å²) in [5, 5.41) is 2.92. The van der Waals surface area contributed by atoms with Crippen LogP contribution in [0.2, 0.25) is 0 Å². The maximum absolute atomic E-state index is 13.0. The van der Waals surface area contributed by atoms with Crippen molar-refractivity contribution in [1.29, 1.82) is 0 Å². The van der Waals surface area contributed by atoms with E-state index in [1.54, 1.807) is 42.5 Å². The highest BCUT2D eigenvalue weighted by Gasteiger charge is 2.22. The van der Waals surface area contributed by atoms with E-state index in [9.17, 15) is 13.2 Å². The van der Waals surface area contributed by atoms with Crippen LogP contribution in [-0.4, -0.2) is 32.8 Å². The number of carbonyl (C=O) groups excluding carboxylic acids is 1. The monoisotopic (exact) mass is 452 g/mol. The van der Waals surface area contributed by atoms with E-state index in [4.69, 9.17) is 4.74 Å². The fourth-order valence-corrected chi connectivity index (χ4v) is 4.56. The zero-order valence-corrected chi connectivity index (χ0v) is 19.8. The fourth-order valence-electron chi connectivity index (χ4n) is 3.41. The summed E-state index contributed by atoms with van der Waals surface area (Å²) in [6.45, 7) is 5.89. The number of nitrogens with one attached hydrogen (secondary N) is 1. The smallest absolute Gasteiger partial charge is 0.255 e. The van der Waals surface area contributed by atoms with Crippen molar-refractivity contribution in [2.75, 3.05) is 19.5 Å². The average Bonchev–Trinajstić information content (AvgIpc) is 2.75. The van der Waals surface area contributed by atoms with Crippen molar-refractivity contribution in [3.63, 3.8) is 0 Å². The van der Waals surface area contributed by atoms with Crippen LogP contribution in [0.3, 0.4) is 0 Å². The first kappa shape index (κ1) is 23.5. The third-order valence-electron chi connectivity index (χ3n) is 5.29. The number of hydrogen-bond donors (Lipinski definition) is 1. The molecule has 1 amide bonds. The van der Waals surface area contributed by atoms with Crippen LogP contribution in [0, 0.1) is 20.8 Å². The van der Waals surface area contributed by atoms with E-state index in [2.05, 4.69) is 5.32 Å². The Balaban J connectivity index is 1.85. The molecule has 0 aliphatic heterocycles. The number of nitrogens with zero attached hydrogens (tertiary/aromatic N) is 1. The highest BCUT2D eigenvalue weighted by atomic mass is 32.2. The first-order valence-electron chi connectivity index (χ1n) is 10.2. The lowest BCUT2D eigenvalue weighted by molar-refractivity contribution is 0.102. The molecule has 3 aromatic carbocycles. The van der Waals surface area contributed by atoms with Gasteiger partial charge in [0.1, 0.15) is 5.75 Å². The number of amides is 1. The van der Waals surface area contributed by atoms with Gasteiger partial charge in [-0.05, 0) is 62.7 Å². The SMILES string of the molecule is COc1ccc(C(=O)Nc2ccc(C)cc2C)cc1CN(C)S(=O)(=O)c1ccc(C)cc1. The molecular weight excluding hydrogens is 424 g/mol. The lowest BCUT2D eigenvalue weighted by Gasteiger charge is -2.19. The van der Waals surface area contributed by atoms with Gasteiger partial charge < -0.3 is 10.1 Å². The van der Waals surface area contributed by atoms with Crippen molar-refractivity contribution in [1.82, 2.24) is 4.31 Å². The predicted molar refractivity (Wildman–Crippen MR) is 127 cm³/mol. The molecule has 168 valence electrons. The van der Waals surface area contributed by atoms with E-state index in [1.807, 2.05) is 39.0 Å². The number of sulfonamides is 1. The number of methoxy groups -OCH3 is 1. The fraction of sp³-hybridized carbons (Fsp3) is 0.240. The maximum atomic E-state index is 13.0. The topological polar surface area (TPSA) is 75.7 Å². The van der Waals surface area contributed by atoms with Crippen LogP contribution in [0.4, 0.5) is 5.69 Å². The summed E-state index contributed by atoms with van der Waals surface area (Å²) in [5.74, 6) is 0.240. The minimum Gasteiger partial charge on any atom is -0.496 e. The van der Waals surface area contributed by atoms with Crippen LogP contribution in [0.5, 0.6) is 5.75 Å². The highest BCUT2D eigenvalue weighted by molar-refractivity contribution is 7.89. The largest absolute Gasteiger partial charge is 0.496 e. The third kappa shape index (κ3) is 5.18.